The highest BCUT2D eigenvalue weighted by Crippen LogP contribution is 2.27. The van der Waals surface area contributed by atoms with Crippen LogP contribution >= 0.6 is 70.4 Å². The maximum atomic E-state index is 3.81. The van der Waals surface area contributed by atoms with Crippen molar-refractivity contribution in [2.45, 2.75) is 17.8 Å². The van der Waals surface area contributed by atoms with Crippen molar-refractivity contribution in [2.24, 2.45) is 0 Å². The fourth-order valence-electron chi connectivity index (χ4n) is 0.287. The molecular formula is C6H8Br3IN2. The Morgan fingerprint density at radius 2 is 1.75 bits per heavy atom. The number of halogens is 4. The third kappa shape index (κ3) is 5.93. The molecule has 2 nitrogen and oxygen atoms in total. The summed E-state index contributed by atoms with van der Waals surface area (Å²) in [5.74, 6) is 0. The topological polar surface area (TPSA) is 28.7 Å². The largest absolute Gasteiger partial charge is 0.269 e. The first kappa shape index (κ1) is 13.4. The lowest BCUT2D eigenvalue weighted by Crippen LogP contribution is -1.69. The zero-order chi connectivity index (χ0) is 9.72. The lowest BCUT2D eigenvalue weighted by atomic mass is 10.6. The highest BCUT2D eigenvalue weighted by molar-refractivity contribution is 14.1. The van der Waals surface area contributed by atoms with Crippen molar-refractivity contribution >= 4 is 70.4 Å². The molecule has 0 aliphatic carbocycles. The van der Waals surface area contributed by atoms with Crippen LogP contribution in [0, 0.1) is 0 Å². The van der Waals surface area contributed by atoms with Crippen LogP contribution in [0.4, 0.5) is 0 Å². The number of nitrogens with zero attached hydrogens (tertiary/aromatic N) is 1. The number of hydrogen-bond acceptors (Lipinski definition) is 1. The first-order valence-corrected chi connectivity index (χ1v) is 6.76. The third-order valence-electron chi connectivity index (χ3n) is 0.626. The molecule has 1 N–H and O–H groups in total. The van der Waals surface area contributed by atoms with Gasteiger partial charge in [-0.3, -0.25) is 5.10 Å². The van der Waals surface area contributed by atoms with Gasteiger partial charge >= 0.3 is 0 Å². The zero-order valence-electron chi connectivity index (χ0n) is 6.54. The molecule has 0 bridgehead atoms. The van der Waals surface area contributed by atoms with E-state index in [0.29, 0.717) is 0 Å². The molecule has 1 rings (SSSR count). The molecule has 6 heteroatoms. The number of aromatic amines is 1. The summed E-state index contributed by atoms with van der Waals surface area (Å²) in [6.45, 7) is 4.31. The first-order valence-electron chi connectivity index (χ1n) is 3.14. The van der Waals surface area contributed by atoms with Gasteiger partial charge in [0.25, 0.3) is 0 Å². The third-order valence-corrected chi connectivity index (χ3v) is 3.61. The van der Waals surface area contributed by atoms with Gasteiger partial charge in [-0.15, -0.1) is 0 Å². The number of aromatic nitrogens is 2. The quantitative estimate of drug-likeness (QED) is 0.434. The van der Waals surface area contributed by atoms with E-state index in [-0.39, 0.29) is 0 Å². The van der Waals surface area contributed by atoms with E-state index in [9.17, 15) is 0 Å². The fourth-order valence-corrected chi connectivity index (χ4v) is 1.29. The summed E-state index contributed by atoms with van der Waals surface area (Å²) in [6.07, 6.45) is 0. The minimum Gasteiger partial charge on any atom is -0.269 e. The average Bonchev–Trinajstić information content (AvgIpc) is 2.19. The summed E-state index contributed by atoms with van der Waals surface area (Å²) in [5, 5.41) is 6.52. The molecule has 0 fully saturated rings. The molecule has 0 unspecified atom stereocenters. The molecule has 0 amide bonds. The molecular weight excluding hydrogens is 467 g/mol. The monoisotopic (exact) mass is 472 g/mol. The minimum atomic E-state index is 0.782. The van der Waals surface area contributed by atoms with Gasteiger partial charge in [0.05, 0.1) is 4.47 Å². The van der Waals surface area contributed by atoms with E-state index < -0.39 is 0 Å². The molecule has 1 heterocycles. The Balaban J connectivity index is 0.000000261. The van der Waals surface area contributed by atoms with Crippen LogP contribution in [0.5, 0.6) is 0 Å². The van der Waals surface area contributed by atoms with Gasteiger partial charge in [0.15, 0.2) is 0 Å². The second-order valence-electron chi connectivity index (χ2n) is 2.16. The minimum absolute atomic E-state index is 0.782. The van der Waals surface area contributed by atoms with E-state index in [4.69, 9.17) is 0 Å². The zero-order valence-corrected chi connectivity index (χ0v) is 13.5. The molecule has 0 atom stereocenters. The summed E-state index contributed by atoms with van der Waals surface area (Å²) >= 11 is 12.0. The highest BCUT2D eigenvalue weighted by atomic mass is 127. The van der Waals surface area contributed by atoms with E-state index in [0.717, 1.165) is 17.6 Å². The maximum Gasteiger partial charge on any atom is 0.143 e. The van der Waals surface area contributed by atoms with Gasteiger partial charge in [-0.2, -0.15) is 5.10 Å². The van der Waals surface area contributed by atoms with Gasteiger partial charge in [-0.05, 0) is 47.8 Å². The predicted octanol–water partition coefficient (Wildman–Crippen LogP) is 4.53. The van der Waals surface area contributed by atoms with Crippen molar-refractivity contribution < 1.29 is 0 Å². The molecule has 0 aliphatic rings. The Hall–Kier alpha value is 1.38. The van der Waals surface area contributed by atoms with Crippen molar-refractivity contribution in [1.29, 1.82) is 0 Å². The molecule has 1 aromatic heterocycles. The Labute approximate surface area is 111 Å². The number of alkyl halides is 1. The number of hydrogen-bond donors (Lipinski definition) is 1. The van der Waals surface area contributed by atoms with E-state index in [1.807, 2.05) is 0 Å². The van der Waals surface area contributed by atoms with Gasteiger partial charge in [0.2, 0.25) is 0 Å². The fraction of sp³-hybridized carbons (Fsp3) is 0.500. The van der Waals surface area contributed by atoms with Gasteiger partial charge in [-0.25, -0.2) is 0 Å². The molecule has 0 aliphatic heterocycles. The number of rotatable bonds is 0. The molecule has 1 aromatic rings. The lowest BCUT2D eigenvalue weighted by Gasteiger charge is -1.77. The van der Waals surface area contributed by atoms with Crippen molar-refractivity contribution in [2.75, 3.05) is 0 Å². The van der Waals surface area contributed by atoms with Gasteiger partial charge in [0, 0.05) is 3.92 Å². The smallest absolute Gasteiger partial charge is 0.143 e. The summed E-state index contributed by atoms with van der Waals surface area (Å²) in [5.41, 5.74) is 0. The molecule has 0 spiro atoms. The normalized spacial score (nSPS) is 9.58. The van der Waals surface area contributed by atoms with Crippen LogP contribution in [0.1, 0.15) is 13.8 Å². The lowest BCUT2D eigenvalue weighted by molar-refractivity contribution is 1.05. The summed E-state index contributed by atoms with van der Waals surface area (Å²) in [6, 6.07) is 0. The standard InChI is InChI=1S/C3HBr3N2.C3H7I/c4-1-2(5)7-8-3(1)6;1-3(2)4/h(H,7,8);3H,1-2H3. The van der Waals surface area contributed by atoms with E-state index in [1.165, 1.54) is 0 Å². The Kier molecular flexibility index (Phi) is 7.56. The van der Waals surface area contributed by atoms with Crippen molar-refractivity contribution in [3.8, 4) is 0 Å². The van der Waals surface area contributed by atoms with Crippen LogP contribution in [0.25, 0.3) is 0 Å². The van der Waals surface area contributed by atoms with E-state index in [1.54, 1.807) is 0 Å². The van der Waals surface area contributed by atoms with Gasteiger partial charge in [0.1, 0.15) is 9.21 Å². The van der Waals surface area contributed by atoms with Gasteiger partial charge < -0.3 is 0 Å². The highest BCUT2D eigenvalue weighted by Gasteiger charge is 2.02. The van der Waals surface area contributed by atoms with Crippen LogP contribution in [0.3, 0.4) is 0 Å². The van der Waals surface area contributed by atoms with Crippen molar-refractivity contribution in [1.82, 2.24) is 10.2 Å². The SMILES string of the molecule is Brc1n[nH]c(Br)c1Br.CC(C)I. The second-order valence-corrected chi connectivity index (χ2v) is 6.98. The number of nitrogens with one attached hydrogen (secondary N) is 1. The van der Waals surface area contributed by atoms with E-state index in [2.05, 4.69) is 94.4 Å². The molecule has 0 saturated carbocycles. The number of H-pyrrole nitrogens is 1. The molecule has 0 radical (unpaired) electrons. The molecule has 0 aromatic carbocycles. The summed E-state index contributed by atoms with van der Waals surface area (Å²) in [7, 11) is 0. The average molecular weight is 475 g/mol. The van der Waals surface area contributed by atoms with E-state index >= 15 is 0 Å². The van der Waals surface area contributed by atoms with Crippen LogP contribution < -0.4 is 0 Å². The first-order chi connectivity index (χ1) is 5.45. The second kappa shape index (κ2) is 6.78. The van der Waals surface area contributed by atoms with Crippen LogP contribution in [0.2, 0.25) is 0 Å². The molecule has 0 saturated heterocycles. The van der Waals surface area contributed by atoms with Crippen molar-refractivity contribution in [3.05, 3.63) is 13.7 Å². The van der Waals surface area contributed by atoms with Crippen molar-refractivity contribution in [3.63, 3.8) is 0 Å². The Morgan fingerprint density at radius 3 is 1.83 bits per heavy atom. The molecule has 12 heavy (non-hydrogen) atoms. The van der Waals surface area contributed by atoms with Crippen LogP contribution in [0.15, 0.2) is 13.7 Å². The predicted molar refractivity (Wildman–Crippen MR) is 70.8 cm³/mol. The summed E-state index contributed by atoms with van der Waals surface area (Å²) in [4.78, 5) is 0. The van der Waals surface area contributed by atoms with Crippen LogP contribution in [-0.4, -0.2) is 14.1 Å². The van der Waals surface area contributed by atoms with Gasteiger partial charge in [-0.1, -0.05) is 36.4 Å². The molecule has 70 valence electrons. The van der Waals surface area contributed by atoms with Crippen LogP contribution in [-0.2, 0) is 0 Å². The Morgan fingerprint density at radius 1 is 1.33 bits per heavy atom. The Bertz CT molecular complexity index is 214. The summed E-state index contributed by atoms with van der Waals surface area (Å²) < 4.78 is 3.35. The maximum absolute atomic E-state index is 3.81.